The molecule has 5 heteroatoms. The second kappa shape index (κ2) is 9.05. The maximum atomic E-state index is 11.0. The van der Waals surface area contributed by atoms with Crippen LogP contribution in [0.5, 0.6) is 5.75 Å². The highest BCUT2D eigenvalue weighted by atomic mass is 16.5. The van der Waals surface area contributed by atoms with Crippen LogP contribution in [0.2, 0.25) is 0 Å². The monoisotopic (exact) mass is 328 g/mol. The van der Waals surface area contributed by atoms with E-state index in [4.69, 9.17) is 4.74 Å². The molecule has 5 nitrogen and oxygen atoms in total. The first-order chi connectivity index (χ1) is 11.5. The Hall–Kier alpha value is -2.37. The van der Waals surface area contributed by atoms with Gasteiger partial charge in [0.15, 0.2) is 0 Å². The Morgan fingerprint density at radius 1 is 1.12 bits per heavy atom. The fourth-order valence-corrected chi connectivity index (χ4v) is 2.26. The summed E-state index contributed by atoms with van der Waals surface area (Å²) in [4.78, 5) is 11.0. The van der Waals surface area contributed by atoms with E-state index in [0.717, 1.165) is 0 Å². The first kappa shape index (κ1) is 18.0. The molecular formula is C19H24N2O3. The molecule has 0 saturated heterocycles. The van der Waals surface area contributed by atoms with E-state index >= 15 is 0 Å². The molecule has 0 aliphatic heterocycles. The topological polar surface area (TPSA) is 70.6 Å². The van der Waals surface area contributed by atoms with Gasteiger partial charge < -0.3 is 20.5 Å². The van der Waals surface area contributed by atoms with Crippen LogP contribution in [0.1, 0.15) is 25.5 Å². The molecule has 24 heavy (non-hydrogen) atoms. The lowest BCUT2D eigenvalue weighted by Crippen LogP contribution is -2.33. The number of aliphatic hydroxyl groups is 1. The summed E-state index contributed by atoms with van der Waals surface area (Å²) in [5, 5.41) is 16.0. The lowest BCUT2D eigenvalue weighted by molar-refractivity contribution is -0.114. The van der Waals surface area contributed by atoms with Crippen LogP contribution in [0.4, 0.5) is 5.69 Å². The molecule has 0 aromatic heterocycles. The van der Waals surface area contributed by atoms with Gasteiger partial charge in [-0.15, -0.1) is 0 Å². The fraction of sp³-hybridized carbons (Fsp3) is 0.316. The van der Waals surface area contributed by atoms with Crippen molar-refractivity contribution in [3.8, 4) is 5.75 Å². The summed E-state index contributed by atoms with van der Waals surface area (Å²) in [5.41, 5.74) is 1.90. The third kappa shape index (κ3) is 6.02. The van der Waals surface area contributed by atoms with Crippen LogP contribution in [-0.2, 0) is 4.79 Å². The Morgan fingerprint density at radius 3 is 2.42 bits per heavy atom. The maximum Gasteiger partial charge on any atom is 0.221 e. The van der Waals surface area contributed by atoms with Gasteiger partial charge in [0.1, 0.15) is 18.5 Å². The average Bonchev–Trinajstić information content (AvgIpc) is 2.59. The normalized spacial score (nSPS) is 13.1. The van der Waals surface area contributed by atoms with Crippen LogP contribution in [0.3, 0.4) is 0 Å². The van der Waals surface area contributed by atoms with E-state index in [9.17, 15) is 9.90 Å². The van der Waals surface area contributed by atoms with Gasteiger partial charge >= 0.3 is 0 Å². The second-order valence-corrected chi connectivity index (χ2v) is 5.71. The van der Waals surface area contributed by atoms with E-state index in [1.807, 2.05) is 18.2 Å². The first-order valence-corrected chi connectivity index (χ1v) is 8.01. The molecule has 2 aromatic rings. The number of benzene rings is 2. The van der Waals surface area contributed by atoms with E-state index in [2.05, 4.69) is 29.7 Å². The SMILES string of the molecule is CC(=O)Nc1ccc(OCC(O)CNC(C)c2ccccc2)cc1. The molecule has 0 aliphatic carbocycles. The predicted octanol–water partition coefficient (Wildman–Crippen LogP) is 2.74. The number of anilines is 1. The summed E-state index contributed by atoms with van der Waals surface area (Å²) >= 11 is 0. The molecule has 2 rings (SSSR count). The van der Waals surface area contributed by atoms with Crippen LogP contribution >= 0.6 is 0 Å². The van der Waals surface area contributed by atoms with Crippen molar-refractivity contribution in [2.45, 2.75) is 26.0 Å². The number of aliphatic hydroxyl groups excluding tert-OH is 1. The quantitative estimate of drug-likeness (QED) is 0.697. The molecule has 2 unspecified atom stereocenters. The summed E-state index contributed by atoms with van der Waals surface area (Å²) in [6.45, 7) is 4.17. The number of hydrogen-bond acceptors (Lipinski definition) is 4. The zero-order chi connectivity index (χ0) is 17.4. The zero-order valence-electron chi connectivity index (χ0n) is 14.0. The van der Waals surface area contributed by atoms with E-state index in [0.29, 0.717) is 18.0 Å². The number of carbonyl (C=O) groups is 1. The van der Waals surface area contributed by atoms with Crippen molar-refractivity contribution >= 4 is 11.6 Å². The van der Waals surface area contributed by atoms with Crippen molar-refractivity contribution < 1.29 is 14.6 Å². The molecule has 0 bridgehead atoms. The smallest absolute Gasteiger partial charge is 0.221 e. The summed E-state index contributed by atoms with van der Waals surface area (Å²) in [7, 11) is 0. The van der Waals surface area contributed by atoms with Crippen molar-refractivity contribution in [1.29, 1.82) is 0 Å². The summed E-state index contributed by atoms with van der Waals surface area (Å²) < 4.78 is 5.56. The minimum atomic E-state index is -0.605. The molecule has 3 N–H and O–H groups in total. The first-order valence-electron chi connectivity index (χ1n) is 8.01. The lowest BCUT2D eigenvalue weighted by Gasteiger charge is -2.18. The molecule has 2 atom stereocenters. The van der Waals surface area contributed by atoms with Gasteiger partial charge in [-0.25, -0.2) is 0 Å². The Kier molecular flexibility index (Phi) is 6.78. The fourth-order valence-electron chi connectivity index (χ4n) is 2.26. The highest BCUT2D eigenvalue weighted by Crippen LogP contribution is 2.16. The number of rotatable bonds is 8. The molecule has 0 radical (unpaired) electrons. The largest absolute Gasteiger partial charge is 0.491 e. The van der Waals surface area contributed by atoms with Crippen LogP contribution < -0.4 is 15.4 Å². The summed E-state index contributed by atoms with van der Waals surface area (Å²) in [5.74, 6) is 0.539. The summed E-state index contributed by atoms with van der Waals surface area (Å²) in [6.07, 6.45) is -0.605. The molecule has 2 aromatic carbocycles. The third-order valence-corrected chi connectivity index (χ3v) is 3.58. The van der Waals surface area contributed by atoms with Crippen molar-refractivity contribution in [2.75, 3.05) is 18.5 Å². The number of amides is 1. The van der Waals surface area contributed by atoms with E-state index in [1.165, 1.54) is 12.5 Å². The van der Waals surface area contributed by atoms with Crippen LogP contribution in [0.15, 0.2) is 54.6 Å². The van der Waals surface area contributed by atoms with Crippen molar-refractivity contribution in [3.63, 3.8) is 0 Å². The minimum absolute atomic E-state index is 0.113. The van der Waals surface area contributed by atoms with E-state index in [-0.39, 0.29) is 18.6 Å². The number of carbonyl (C=O) groups excluding carboxylic acids is 1. The van der Waals surface area contributed by atoms with Gasteiger partial charge in [0, 0.05) is 25.2 Å². The van der Waals surface area contributed by atoms with Crippen molar-refractivity contribution in [1.82, 2.24) is 5.32 Å². The minimum Gasteiger partial charge on any atom is -0.491 e. The van der Waals surface area contributed by atoms with Gasteiger partial charge in [-0.2, -0.15) is 0 Å². The third-order valence-electron chi connectivity index (χ3n) is 3.58. The van der Waals surface area contributed by atoms with Gasteiger partial charge in [-0.05, 0) is 36.8 Å². The van der Waals surface area contributed by atoms with Gasteiger partial charge in [-0.1, -0.05) is 30.3 Å². The number of nitrogens with one attached hydrogen (secondary N) is 2. The van der Waals surface area contributed by atoms with Gasteiger partial charge in [0.2, 0.25) is 5.91 Å². The lowest BCUT2D eigenvalue weighted by atomic mass is 10.1. The van der Waals surface area contributed by atoms with Crippen molar-refractivity contribution in [2.24, 2.45) is 0 Å². The second-order valence-electron chi connectivity index (χ2n) is 5.71. The average molecular weight is 328 g/mol. The Bertz CT molecular complexity index is 629. The molecular weight excluding hydrogens is 304 g/mol. The van der Waals surface area contributed by atoms with E-state index < -0.39 is 6.10 Å². The van der Waals surface area contributed by atoms with Crippen LogP contribution in [0, 0.1) is 0 Å². The molecule has 0 aliphatic rings. The zero-order valence-corrected chi connectivity index (χ0v) is 14.0. The highest BCUT2D eigenvalue weighted by molar-refractivity contribution is 5.88. The Labute approximate surface area is 142 Å². The molecule has 0 spiro atoms. The van der Waals surface area contributed by atoms with Gasteiger partial charge in [0.05, 0.1) is 0 Å². The number of hydrogen-bond donors (Lipinski definition) is 3. The van der Waals surface area contributed by atoms with Crippen molar-refractivity contribution in [3.05, 3.63) is 60.2 Å². The highest BCUT2D eigenvalue weighted by Gasteiger charge is 2.09. The molecule has 0 saturated carbocycles. The van der Waals surface area contributed by atoms with Gasteiger partial charge in [0.25, 0.3) is 0 Å². The molecule has 128 valence electrons. The number of ether oxygens (including phenoxy) is 1. The van der Waals surface area contributed by atoms with Gasteiger partial charge in [-0.3, -0.25) is 4.79 Å². The predicted molar refractivity (Wildman–Crippen MR) is 95.1 cm³/mol. The van der Waals surface area contributed by atoms with Crippen LogP contribution in [-0.4, -0.2) is 30.3 Å². The Balaban J connectivity index is 1.72. The molecule has 0 fully saturated rings. The maximum absolute atomic E-state index is 11.0. The van der Waals surface area contributed by atoms with Crippen LogP contribution in [0.25, 0.3) is 0 Å². The molecule has 1 amide bonds. The Morgan fingerprint density at radius 2 is 1.79 bits per heavy atom. The summed E-state index contributed by atoms with van der Waals surface area (Å²) in [6, 6.07) is 17.3. The molecule has 0 heterocycles. The van der Waals surface area contributed by atoms with E-state index in [1.54, 1.807) is 24.3 Å². The standard InChI is InChI=1S/C19H24N2O3/c1-14(16-6-4-3-5-7-16)20-12-18(23)13-24-19-10-8-17(9-11-19)21-15(2)22/h3-11,14,18,20,23H,12-13H2,1-2H3,(H,21,22).